The first kappa shape index (κ1) is 24.2. The summed E-state index contributed by atoms with van der Waals surface area (Å²) >= 11 is 0. The van der Waals surface area contributed by atoms with Crippen LogP contribution in [-0.2, 0) is 44.6 Å². The minimum atomic E-state index is -1.05. The van der Waals surface area contributed by atoms with E-state index in [9.17, 15) is 14.7 Å². The lowest BCUT2D eigenvalue weighted by Crippen LogP contribution is -2.64. The molecule has 0 spiro atoms. The van der Waals surface area contributed by atoms with Crippen molar-refractivity contribution >= 4 is 11.9 Å². The lowest BCUT2D eigenvalue weighted by atomic mass is 9.97. The van der Waals surface area contributed by atoms with Gasteiger partial charge in [0, 0.05) is 19.4 Å². The van der Waals surface area contributed by atoms with Gasteiger partial charge in [0.1, 0.15) is 18.0 Å². The second-order valence-electron chi connectivity index (χ2n) is 8.35. The molecular weight excluding hydrogens is 444 g/mol. The molecule has 2 aromatic carbocycles. The molecule has 6 atom stereocenters. The van der Waals surface area contributed by atoms with Crippen LogP contribution in [0.15, 0.2) is 48.5 Å². The number of rotatable bonds is 6. The van der Waals surface area contributed by atoms with Crippen LogP contribution in [-0.4, -0.2) is 54.4 Å². The Morgan fingerprint density at radius 3 is 2.24 bits per heavy atom. The Bertz CT molecular complexity index is 988. The normalized spacial score (nSPS) is 28.6. The molecular formula is C25H28O9. The Morgan fingerprint density at radius 1 is 0.941 bits per heavy atom. The summed E-state index contributed by atoms with van der Waals surface area (Å²) in [6, 6.07) is 14.2. The average Bonchev–Trinajstić information content (AvgIpc) is 2.80. The number of phenolic OH excluding ortho intramolecular Hbond substituents is 1. The van der Waals surface area contributed by atoms with Crippen LogP contribution in [0.2, 0.25) is 0 Å². The Balaban J connectivity index is 1.56. The Hall–Kier alpha value is -2.98. The molecule has 0 aromatic heterocycles. The summed E-state index contributed by atoms with van der Waals surface area (Å²) in [7, 11) is 0. The van der Waals surface area contributed by atoms with E-state index >= 15 is 0 Å². The highest BCUT2D eigenvalue weighted by molar-refractivity contribution is 5.67. The fraction of sp³-hybridized carbons (Fsp3) is 0.440. The average molecular weight is 472 g/mol. The molecule has 9 heteroatoms. The van der Waals surface area contributed by atoms with E-state index in [1.165, 1.54) is 26.0 Å². The highest BCUT2D eigenvalue weighted by Crippen LogP contribution is 2.37. The largest absolute Gasteiger partial charge is 0.508 e. The van der Waals surface area contributed by atoms with Crippen molar-refractivity contribution in [3.63, 3.8) is 0 Å². The molecule has 0 bridgehead atoms. The summed E-state index contributed by atoms with van der Waals surface area (Å²) in [6.45, 7) is 4.85. The van der Waals surface area contributed by atoms with Crippen LogP contribution in [0.4, 0.5) is 0 Å². The Kier molecular flexibility index (Phi) is 7.47. The third-order valence-corrected chi connectivity index (χ3v) is 5.59. The van der Waals surface area contributed by atoms with Crippen molar-refractivity contribution in [2.75, 3.05) is 6.61 Å². The Labute approximate surface area is 197 Å². The summed E-state index contributed by atoms with van der Waals surface area (Å²) in [4.78, 5) is 23.9. The number of carbonyl (C=O) groups is 2. The molecule has 2 fully saturated rings. The first-order valence-electron chi connectivity index (χ1n) is 11.0. The number of phenols is 1. The van der Waals surface area contributed by atoms with E-state index in [4.69, 9.17) is 28.4 Å². The molecule has 2 heterocycles. The lowest BCUT2D eigenvalue weighted by molar-refractivity contribution is -0.363. The highest BCUT2D eigenvalue weighted by atomic mass is 16.8. The van der Waals surface area contributed by atoms with Crippen molar-refractivity contribution in [1.82, 2.24) is 0 Å². The van der Waals surface area contributed by atoms with Gasteiger partial charge in [0.2, 0.25) is 0 Å². The van der Waals surface area contributed by atoms with Crippen molar-refractivity contribution in [2.45, 2.75) is 64.4 Å². The topological polar surface area (TPSA) is 110 Å². The van der Waals surface area contributed by atoms with Crippen molar-refractivity contribution in [3.05, 3.63) is 65.2 Å². The molecule has 0 aliphatic carbocycles. The van der Waals surface area contributed by atoms with Crippen molar-refractivity contribution < 1.29 is 43.1 Å². The van der Waals surface area contributed by atoms with Crippen LogP contribution in [0, 0.1) is 6.92 Å². The van der Waals surface area contributed by atoms with E-state index in [1.54, 1.807) is 12.1 Å². The molecule has 2 aromatic rings. The fourth-order valence-corrected chi connectivity index (χ4v) is 3.99. The number of fused-ring (bicyclic) bond motifs is 1. The number of hydrogen-bond acceptors (Lipinski definition) is 9. The standard InChI is InChI=1S/C25H28O9/c1-14-4-6-17(7-5-14)12-29-25-23(32-16(3)27)22(31-15(2)26)21-20(33-25)13-30-24(34-21)18-8-10-19(28)11-9-18/h4-11,20-25,28H,12-13H2,1-3H3/t20-,21-,22+,23-,24-,25-/m1/s1. The molecule has 9 nitrogen and oxygen atoms in total. The number of aromatic hydroxyl groups is 1. The molecule has 1 N–H and O–H groups in total. The van der Waals surface area contributed by atoms with Crippen LogP contribution in [0.3, 0.4) is 0 Å². The summed E-state index contributed by atoms with van der Waals surface area (Å²) in [5.74, 6) is -1.02. The van der Waals surface area contributed by atoms with Crippen molar-refractivity contribution in [1.29, 1.82) is 0 Å². The minimum absolute atomic E-state index is 0.111. The van der Waals surface area contributed by atoms with Crippen LogP contribution >= 0.6 is 0 Å². The SMILES string of the molecule is CC(=O)O[C@@H]1[C@@H](OC(C)=O)[C@H](OCc2ccc(C)cc2)O[C@@H]2CO[C@@H](c3ccc(O)cc3)O[C@@H]12. The van der Waals surface area contributed by atoms with E-state index < -0.39 is 48.9 Å². The minimum Gasteiger partial charge on any atom is -0.508 e. The van der Waals surface area contributed by atoms with E-state index in [-0.39, 0.29) is 19.0 Å². The first-order valence-corrected chi connectivity index (χ1v) is 11.0. The smallest absolute Gasteiger partial charge is 0.303 e. The molecule has 2 saturated heterocycles. The summed E-state index contributed by atoms with van der Waals surface area (Å²) < 4.78 is 35.1. The quantitative estimate of drug-likeness (QED) is 0.635. The van der Waals surface area contributed by atoms with Gasteiger partial charge in [-0.15, -0.1) is 0 Å². The van der Waals surface area contributed by atoms with Gasteiger partial charge in [-0.25, -0.2) is 0 Å². The zero-order valence-corrected chi connectivity index (χ0v) is 19.2. The van der Waals surface area contributed by atoms with Crippen molar-refractivity contribution in [2.24, 2.45) is 0 Å². The molecule has 182 valence electrons. The number of ether oxygens (including phenoxy) is 6. The number of benzene rings is 2. The van der Waals surface area contributed by atoms with Gasteiger partial charge >= 0.3 is 11.9 Å². The van der Waals surface area contributed by atoms with Crippen LogP contribution in [0.1, 0.15) is 36.8 Å². The molecule has 0 unspecified atom stereocenters. The van der Waals surface area contributed by atoms with E-state index in [0.29, 0.717) is 5.56 Å². The van der Waals surface area contributed by atoms with Crippen LogP contribution in [0.5, 0.6) is 5.75 Å². The predicted molar refractivity (Wildman–Crippen MR) is 117 cm³/mol. The van der Waals surface area contributed by atoms with Gasteiger partial charge in [-0.1, -0.05) is 42.0 Å². The molecule has 2 aliphatic heterocycles. The summed E-state index contributed by atoms with van der Waals surface area (Å²) in [5, 5.41) is 9.56. The van der Waals surface area contributed by atoms with Gasteiger partial charge in [0.15, 0.2) is 24.8 Å². The zero-order valence-electron chi connectivity index (χ0n) is 19.2. The van der Waals surface area contributed by atoms with Gasteiger partial charge in [-0.2, -0.15) is 0 Å². The number of esters is 2. The first-order chi connectivity index (χ1) is 16.3. The fourth-order valence-electron chi connectivity index (χ4n) is 3.99. The number of hydrogen-bond donors (Lipinski definition) is 1. The van der Waals surface area contributed by atoms with Gasteiger partial charge < -0.3 is 33.5 Å². The zero-order chi connectivity index (χ0) is 24.2. The van der Waals surface area contributed by atoms with Crippen molar-refractivity contribution in [3.8, 4) is 5.75 Å². The summed E-state index contributed by atoms with van der Waals surface area (Å²) in [6.07, 6.45) is -5.23. The molecule has 0 saturated carbocycles. The van der Waals surface area contributed by atoms with E-state index in [0.717, 1.165) is 11.1 Å². The monoisotopic (exact) mass is 472 g/mol. The second kappa shape index (κ2) is 10.5. The molecule has 4 rings (SSSR count). The molecule has 34 heavy (non-hydrogen) atoms. The maximum atomic E-state index is 12.0. The predicted octanol–water partition coefficient (Wildman–Crippen LogP) is 2.92. The van der Waals surface area contributed by atoms with E-state index in [2.05, 4.69) is 0 Å². The van der Waals surface area contributed by atoms with Crippen LogP contribution < -0.4 is 0 Å². The highest BCUT2D eigenvalue weighted by Gasteiger charge is 2.53. The second-order valence-corrected chi connectivity index (χ2v) is 8.35. The number of carbonyl (C=O) groups excluding carboxylic acids is 2. The third-order valence-electron chi connectivity index (χ3n) is 5.59. The maximum Gasteiger partial charge on any atom is 0.303 e. The summed E-state index contributed by atoms with van der Waals surface area (Å²) in [5.41, 5.74) is 2.69. The molecule has 2 aliphatic rings. The lowest BCUT2D eigenvalue weighted by Gasteiger charge is -2.48. The molecule has 0 amide bonds. The Morgan fingerprint density at radius 2 is 1.59 bits per heavy atom. The van der Waals surface area contributed by atoms with Gasteiger partial charge in [-0.05, 0) is 24.6 Å². The number of aryl methyl sites for hydroxylation is 1. The van der Waals surface area contributed by atoms with Gasteiger partial charge in [-0.3, -0.25) is 9.59 Å². The van der Waals surface area contributed by atoms with Gasteiger partial charge in [0.05, 0.1) is 13.2 Å². The molecule has 0 radical (unpaired) electrons. The van der Waals surface area contributed by atoms with E-state index in [1.807, 2.05) is 31.2 Å². The van der Waals surface area contributed by atoms with Gasteiger partial charge in [0.25, 0.3) is 0 Å². The van der Waals surface area contributed by atoms with Crippen LogP contribution in [0.25, 0.3) is 0 Å². The third kappa shape index (κ3) is 5.74. The maximum absolute atomic E-state index is 12.0.